The average Bonchev–Trinajstić information content (AvgIpc) is 3.59. The number of benzene rings is 4. The van der Waals surface area contributed by atoms with E-state index in [1.165, 1.54) is 12.1 Å². The zero-order valence-electron chi connectivity index (χ0n) is 25.5. The summed E-state index contributed by atoms with van der Waals surface area (Å²) in [5.74, 6) is -0.230. The maximum absolute atomic E-state index is 14.2. The third kappa shape index (κ3) is 5.04. The van der Waals surface area contributed by atoms with E-state index < -0.39 is 5.54 Å². The lowest BCUT2D eigenvalue weighted by atomic mass is 9.70. The number of rotatable bonds is 7. The first kappa shape index (κ1) is 28.5. The van der Waals surface area contributed by atoms with Crippen molar-refractivity contribution in [3.63, 3.8) is 0 Å². The number of nitrogens with zero attached hydrogens (tertiary/aromatic N) is 5. The molecule has 5 nitrogen and oxygen atoms in total. The van der Waals surface area contributed by atoms with Crippen LogP contribution in [0.5, 0.6) is 0 Å². The zero-order valence-corrected chi connectivity index (χ0v) is 25.5. The second-order valence-electron chi connectivity index (χ2n) is 11.7. The van der Waals surface area contributed by atoms with Crippen molar-refractivity contribution < 1.29 is 4.39 Å². The van der Waals surface area contributed by atoms with Crippen LogP contribution in [-0.2, 0) is 5.54 Å². The van der Waals surface area contributed by atoms with Gasteiger partial charge in [-0.3, -0.25) is 9.67 Å². The summed E-state index contributed by atoms with van der Waals surface area (Å²) in [7, 11) is 0. The van der Waals surface area contributed by atoms with Gasteiger partial charge in [-0.1, -0.05) is 97.1 Å². The molecule has 4 aromatic carbocycles. The first-order chi connectivity index (χ1) is 23.2. The first-order valence-corrected chi connectivity index (χ1v) is 15.7. The standard InChI is InChI=1S/C41H30FN5/c42-34-22-19-29(20-23-34)39-36(30-21-24-37-35(26-30)40(45-28-44-37)38-18-10-11-25-43-38)27-47(46-39)41(31-12-4-1-5-13-31,32-14-6-2-7-15-32)33-16-8-3-9-17-33/h1-16,18-28,33H,17H2. The van der Waals surface area contributed by atoms with E-state index in [1.54, 1.807) is 24.7 Å². The lowest BCUT2D eigenvalue weighted by Crippen LogP contribution is -2.43. The quantitative estimate of drug-likeness (QED) is 0.180. The van der Waals surface area contributed by atoms with Gasteiger partial charge in [-0.15, -0.1) is 0 Å². The van der Waals surface area contributed by atoms with Crippen molar-refractivity contribution in [3.8, 4) is 33.8 Å². The highest BCUT2D eigenvalue weighted by molar-refractivity contribution is 5.95. The van der Waals surface area contributed by atoms with E-state index in [2.05, 4.69) is 111 Å². The van der Waals surface area contributed by atoms with Gasteiger partial charge in [-0.2, -0.15) is 5.10 Å². The highest BCUT2D eigenvalue weighted by Crippen LogP contribution is 2.46. The minimum absolute atomic E-state index is 0.0619. The van der Waals surface area contributed by atoms with Crippen LogP contribution in [0.25, 0.3) is 44.7 Å². The van der Waals surface area contributed by atoms with Crippen LogP contribution in [0, 0.1) is 11.7 Å². The minimum atomic E-state index is -0.685. The molecular formula is C41H30FN5. The molecule has 0 bridgehead atoms. The SMILES string of the molecule is Fc1ccc(-c2nn(C(c3ccccc3)(c3ccccc3)C3C=CC=CC3)cc2-c2ccc3ncnc(-c4ccccn4)c3c2)cc1. The maximum atomic E-state index is 14.2. The van der Waals surface area contributed by atoms with Crippen LogP contribution in [0.1, 0.15) is 17.5 Å². The van der Waals surface area contributed by atoms with Crippen LogP contribution >= 0.6 is 0 Å². The van der Waals surface area contributed by atoms with Gasteiger partial charge in [0.25, 0.3) is 0 Å². The molecule has 1 aliphatic carbocycles. The zero-order chi connectivity index (χ0) is 31.6. The third-order valence-electron chi connectivity index (χ3n) is 8.99. The van der Waals surface area contributed by atoms with E-state index in [-0.39, 0.29) is 11.7 Å². The van der Waals surface area contributed by atoms with Gasteiger partial charge >= 0.3 is 0 Å². The van der Waals surface area contributed by atoms with Crippen molar-refractivity contribution in [2.75, 3.05) is 0 Å². The Morgan fingerprint density at radius 2 is 1.40 bits per heavy atom. The smallest absolute Gasteiger partial charge is 0.123 e. The maximum Gasteiger partial charge on any atom is 0.123 e. The number of hydrogen-bond donors (Lipinski definition) is 0. The molecule has 1 atom stereocenters. The summed E-state index contributed by atoms with van der Waals surface area (Å²) in [5, 5.41) is 6.33. The van der Waals surface area contributed by atoms with Crippen molar-refractivity contribution >= 4 is 10.9 Å². The van der Waals surface area contributed by atoms with Crippen molar-refractivity contribution in [1.82, 2.24) is 24.7 Å². The highest BCUT2D eigenvalue weighted by atomic mass is 19.1. The molecule has 0 spiro atoms. The van der Waals surface area contributed by atoms with Crippen molar-refractivity contribution in [1.29, 1.82) is 0 Å². The predicted octanol–water partition coefficient (Wildman–Crippen LogP) is 9.29. The summed E-state index contributed by atoms with van der Waals surface area (Å²) < 4.78 is 16.4. The van der Waals surface area contributed by atoms with Crippen molar-refractivity contribution in [3.05, 3.63) is 181 Å². The van der Waals surface area contributed by atoms with Gasteiger partial charge in [0.15, 0.2) is 0 Å². The number of aromatic nitrogens is 5. The van der Waals surface area contributed by atoms with Crippen molar-refractivity contribution in [2.24, 2.45) is 5.92 Å². The molecule has 0 N–H and O–H groups in total. The van der Waals surface area contributed by atoms with Gasteiger partial charge in [-0.25, -0.2) is 14.4 Å². The molecule has 1 unspecified atom stereocenters. The van der Waals surface area contributed by atoms with Crippen LogP contribution in [0.4, 0.5) is 4.39 Å². The average molecular weight is 612 g/mol. The van der Waals surface area contributed by atoms with Gasteiger partial charge in [0.2, 0.25) is 0 Å². The Balaban J connectivity index is 1.42. The molecule has 47 heavy (non-hydrogen) atoms. The van der Waals surface area contributed by atoms with E-state index in [0.29, 0.717) is 0 Å². The lowest BCUT2D eigenvalue weighted by Gasteiger charge is -2.41. The summed E-state index contributed by atoms with van der Waals surface area (Å²) in [6.45, 7) is 0. The number of hydrogen-bond acceptors (Lipinski definition) is 4. The molecule has 0 saturated carbocycles. The Morgan fingerprint density at radius 1 is 0.681 bits per heavy atom. The molecule has 0 aliphatic heterocycles. The number of allylic oxidation sites excluding steroid dienone is 4. The molecule has 226 valence electrons. The number of halogens is 1. The van der Waals surface area contributed by atoms with E-state index in [1.807, 2.05) is 36.4 Å². The highest BCUT2D eigenvalue weighted by Gasteiger charge is 2.44. The van der Waals surface area contributed by atoms with E-state index in [9.17, 15) is 4.39 Å². The summed E-state index contributed by atoms with van der Waals surface area (Å²) in [4.78, 5) is 13.8. The van der Waals surface area contributed by atoms with Crippen LogP contribution in [0.15, 0.2) is 164 Å². The Bertz CT molecular complexity index is 2180. The molecule has 0 amide bonds. The fourth-order valence-corrected chi connectivity index (χ4v) is 6.82. The van der Waals surface area contributed by atoms with Crippen molar-refractivity contribution in [2.45, 2.75) is 12.0 Å². The molecule has 8 rings (SSSR count). The van der Waals surface area contributed by atoms with Gasteiger partial charge in [0, 0.05) is 34.8 Å². The summed E-state index contributed by atoms with van der Waals surface area (Å²) in [6, 6.07) is 39.8. The molecule has 6 heteroatoms. The van der Waals surface area contributed by atoms with Gasteiger partial charge < -0.3 is 0 Å². The summed E-state index contributed by atoms with van der Waals surface area (Å²) >= 11 is 0. The molecule has 3 heterocycles. The Hall–Kier alpha value is -6.01. The van der Waals surface area contributed by atoms with Gasteiger partial charge in [0.1, 0.15) is 23.4 Å². The molecule has 7 aromatic rings. The van der Waals surface area contributed by atoms with E-state index in [4.69, 9.17) is 5.10 Å². The Morgan fingerprint density at radius 3 is 2.09 bits per heavy atom. The molecule has 0 saturated heterocycles. The van der Waals surface area contributed by atoms with E-state index >= 15 is 0 Å². The van der Waals surface area contributed by atoms with Crippen LogP contribution in [0.2, 0.25) is 0 Å². The monoisotopic (exact) mass is 611 g/mol. The Kier molecular flexibility index (Phi) is 7.31. The minimum Gasteiger partial charge on any atom is -0.256 e. The molecular weight excluding hydrogens is 581 g/mol. The molecule has 0 fully saturated rings. The molecule has 3 aromatic heterocycles. The van der Waals surface area contributed by atoms with Crippen LogP contribution < -0.4 is 0 Å². The van der Waals surface area contributed by atoms with Gasteiger partial charge in [0.05, 0.1) is 16.9 Å². The topological polar surface area (TPSA) is 56.5 Å². The second-order valence-corrected chi connectivity index (χ2v) is 11.7. The normalized spacial score (nSPS) is 14.4. The first-order valence-electron chi connectivity index (χ1n) is 15.7. The predicted molar refractivity (Wildman–Crippen MR) is 185 cm³/mol. The van der Waals surface area contributed by atoms with Crippen LogP contribution in [-0.4, -0.2) is 24.7 Å². The fraction of sp³-hybridized carbons (Fsp3) is 0.0732. The largest absolute Gasteiger partial charge is 0.256 e. The Labute approximate surface area is 272 Å². The fourth-order valence-electron chi connectivity index (χ4n) is 6.82. The van der Waals surface area contributed by atoms with E-state index in [0.717, 1.165) is 62.2 Å². The summed E-state index contributed by atoms with van der Waals surface area (Å²) in [5.41, 5.74) is 7.37. The molecule has 1 aliphatic rings. The third-order valence-corrected chi connectivity index (χ3v) is 8.99. The number of fused-ring (bicyclic) bond motifs is 1. The molecule has 0 radical (unpaired) electrons. The van der Waals surface area contributed by atoms with Gasteiger partial charge in [-0.05, 0) is 71.6 Å². The lowest BCUT2D eigenvalue weighted by molar-refractivity contribution is 0.293. The number of pyridine rings is 1. The van der Waals surface area contributed by atoms with Crippen LogP contribution in [0.3, 0.4) is 0 Å². The second kappa shape index (κ2) is 12.1. The summed E-state index contributed by atoms with van der Waals surface area (Å²) in [6.07, 6.45) is 15.1.